The Bertz CT molecular complexity index is 973. The number of aromatic nitrogens is 4. The molecule has 0 aliphatic carbocycles. The number of carbonyl (C=O) groups is 2. The standard InChI is InChI=1S/C19H20N6O3/c1-24-17(21-22-23-24)14-4-2-5-15(12-14)20-18(26)13-7-9-25(10-8-13)19(27)16-6-3-11-28-16/h2-6,11-13H,7-10H2,1H3,(H,20,26). The van der Waals surface area contributed by atoms with E-state index in [4.69, 9.17) is 4.42 Å². The van der Waals surface area contributed by atoms with Crippen LogP contribution in [0.25, 0.3) is 11.4 Å². The summed E-state index contributed by atoms with van der Waals surface area (Å²) in [5, 5.41) is 14.4. The molecule has 0 radical (unpaired) electrons. The lowest BCUT2D eigenvalue weighted by atomic mass is 9.95. The maximum Gasteiger partial charge on any atom is 0.289 e. The number of piperidine rings is 1. The van der Waals surface area contributed by atoms with Crippen molar-refractivity contribution in [3.63, 3.8) is 0 Å². The van der Waals surface area contributed by atoms with Crippen molar-refractivity contribution in [3.05, 3.63) is 48.4 Å². The van der Waals surface area contributed by atoms with Gasteiger partial charge in [0.2, 0.25) is 5.91 Å². The highest BCUT2D eigenvalue weighted by Crippen LogP contribution is 2.23. The molecule has 3 aromatic rings. The summed E-state index contributed by atoms with van der Waals surface area (Å²) in [6.07, 6.45) is 2.72. The molecule has 4 rings (SSSR count). The number of tetrazole rings is 1. The third-order valence-corrected chi connectivity index (χ3v) is 4.89. The fourth-order valence-corrected chi connectivity index (χ4v) is 3.36. The van der Waals surface area contributed by atoms with Gasteiger partial charge in [0, 0.05) is 37.3 Å². The third kappa shape index (κ3) is 3.64. The second-order valence-electron chi connectivity index (χ2n) is 6.74. The third-order valence-electron chi connectivity index (χ3n) is 4.89. The maximum atomic E-state index is 12.7. The number of hydrogen-bond acceptors (Lipinski definition) is 6. The minimum Gasteiger partial charge on any atom is -0.459 e. The fraction of sp³-hybridized carbons (Fsp3) is 0.316. The number of anilines is 1. The average Bonchev–Trinajstić information content (AvgIpc) is 3.39. The van der Waals surface area contributed by atoms with Crippen LogP contribution in [0.2, 0.25) is 0 Å². The van der Waals surface area contributed by atoms with E-state index in [1.807, 2.05) is 24.3 Å². The van der Waals surface area contributed by atoms with Crippen LogP contribution >= 0.6 is 0 Å². The molecule has 0 atom stereocenters. The van der Waals surface area contributed by atoms with Crippen molar-refractivity contribution in [1.29, 1.82) is 0 Å². The number of carbonyl (C=O) groups excluding carboxylic acids is 2. The molecule has 2 amide bonds. The zero-order valence-corrected chi connectivity index (χ0v) is 15.4. The summed E-state index contributed by atoms with van der Waals surface area (Å²) in [5.74, 6) is 0.645. The van der Waals surface area contributed by atoms with Gasteiger partial charge in [0.1, 0.15) is 0 Å². The van der Waals surface area contributed by atoms with Crippen molar-refractivity contribution >= 4 is 17.5 Å². The zero-order valence-electron chi connectivity index (χ0n) is 15.4. The van der Waals surface area contributed by atoms with E-state index in [2.05, 4.69) is 20.8 Å². The first-order valence-corrected chi connectivity index (χ1v) is 9.08. The molecular formula is C19H20N6O3. The Morgan fingerprint density at radius 3 is 2.68 bits per heavy atom. The van der Waals surface area contributed by atoms with E-state index >= 15 is 0 Å². The smallest absolute Gasteiger partial charge is 0.289 e. The van der Waals surface area contributed by atoms with Gasteiger partial charge in [0.25, 0.3) is 5.91 Å². The number of hydrogen-bond donors (Lipinski definition) is 1. The van der Waals surface area contributed by atoms with Gasteiger partial charge in [-0.1, -0.05) is 12.1 Å². The molecule has 1 aliphatic rings. The average molecular weight is 380 g/mol. The molecule has 9 nitrogen and oxygen atoms in total. The topological polar surface area (TPSA) is 106 Å². The van der Waals surface area contributed by atoms with Crippen LogP contribution in [0, 0.1) is 5.92 Å². The minimum atomic E-state index is -0.138. The Labute approximate surface area is 161 Å². The number of nitrogens with zero attached hydrogens (tertiary/aromatic N) is 5. The van der Waals surface area contributed by atoms with Crippen LogP contribution < -0.4 is 5.32 Å². The van der Waals surface area contributed by atoms with Gasteiger partial charge in [-0.2, -0.15) is 0 Å². The highest BCUT2D eigenvalue weighted by Gasteiger charge is 2.28. The Morgan fingerprint density at radius 1 is 1.18 bits per heavy atom. The van der Waals surface area contributed by atoms with Crippen LogP contribution in [0.4, 0.5) is 5.69 Å². The monoisotopic (exact) mass is 380 g/mol. The Balaban J connectivity index is 1.36. The molecule has 1 fully saturated rings. The predicted octanol–water partition coefficient (Wildman–Crippen LogP) is 1.96. The second-order valence-corrected chi connectivity index (χ2v) is 6.74. The molecule has 0 saturated carbocycles. The van der Waals surface area contributed by atoms with E-state index in [1.54, 1.807) is 28.8 Å². The molecule has 0 bridgehead atoms. The molecule has 1 N–H and O–H groups in total. The van der Waals surface area contributed by atoms with Crippen LogP contribution in [0.15, 0.2) is 47.1 Å². The number of nitrogens with one attached hydrogen (secondary N) is 1. The zero-order chi connectivity index (χ0) is 19.5. The van der Waals surface area contributed by atoms with E-state index in [9.17, 15) is 9.59 Å². The molecule has 28 heavy (non-hydrogen) atoms. The van der Waals surface area contributed by atoms with Crippen LogP contribution in [0.1, 0.15) is 23.4 Å². The van der Waals surface area contributed by atoms with Gasteiger partial charge in [0.15, 0.2) is 11.6 Å². The van der Waals surface area contributed by atoms with Crippen molar-refractivity contribution in [2.75, 3.05) is 18.4 Å². The summed E-state index contributed by atoms with van der Waals surface area (Å²) in [5.41, 5.74) is 1.52. The Hall–Kier alpha value is -3.49. The molecule has 0 spiro atoms. The van der Waals surface area contributed by atoms with E-state index in [0.717, 1.165) is 5.56 Å². The van der Waals surface area contributed by atoms with Crippen molar-refractivity contribution in [3.8, 4) is 11.4 Å². The summed E-state index contributed by atoms with van der Waals surface area (Å²) in [6.45, 7) is 1.06. The molecular weight excluding hydrogens is 360 g/mol. The molecule has 144 valence electrons. The highest BCUT2D eigenvalue weighted by atomic mass is 16.3. The van der Waals surface area contributed by atoms with E-state index < -0.39 is 0 Å². The van der Waals surface area contributed by atoms with Crippen LogP contribution in [-0.2, 0) is 11.8 Å². The summed E-state index contributed by atoms with van der Waals surface area (Å²) >= 11 is 0. The van der Waals surface area contributed by atoms with Crippen molar-refractivity contribution < 1.29 is 14.0 Å². The van der Waals surface area contributed by atoms with E-state index in [-0.39, 0.29) is 17.7 Å². The van der Waals surface area contributed by atoms with E-state index in [1.165, 1.54) is 6.26 Å². The first-order valence-electron chi connectivity index (χ1n) is 9.08. The number of aryl methyl sites for hydroxylation is 1. The molecule has 0 unspecified atom stereocenters. The summed E-state index contributed by atoms with van der Waals surface area (Å²) < 4.78 is 6.74. The lowest BCUT2D eigenvalue weighted by molar-refractivity contribution is -0.121. The first kappa shape index (κ1) is 17.9. The summed E-state index contributed by atoms with van der Waals surface area (Å²) in [7, 11) is 1.76. The SMILES string of the molecule is Cn1nnnc1-c1cccc(NC(=O)C2CCN(C(=O)c3ccco3)CC2)c1. The number of rotatable bonds is 4. The summed E-state index contributed by atoms with van der Waals surface area (Å²) in [4.78, 5) is 26.7. The molecule has 1 aliphatic heterocycles. The van der Waals surface area contributed by atoms with Gasteiger partial charge >= 0.3 is 0 Å². The van der Waals surface area contributed by atoms with Crippen LogP contribution in [-0.4, -0.2) is 50.0 Å². The second kappa shape index (κ2) is 7.63. The normalized spacial score (nSPS) is 14.8. The van der Waals surface area contributed by atoms with Gasteiger partial charge in [-0.3, -0.25) is 9.59 Å². The Kier molecular flexibility index (Phi) is 4.88. The Morgan fingerprint density at radius 2 is 2.00 bits per heavy atom. The molecule has 1 aromatic carbocycles. The molecule has 9 heteroatoms. The van der Waals surface area contributed by atoms with Gasteiger partial charge < -0.3 is 14.6 Å². The molecule has 1 saturated heterocycles. The van der Waals surface area contributed by atoms with Gasteiger partial charge in [-0.15, -0.1) is 5.10 Å². The number of likely N-dealkylation sites (tertiary alicyclic amines) is 1. The predicted molar refractivity (Wildman–Crippen MR) is 100 cm³/mol. The highest BCUT2D eigenvalue weighted by molar-refractivity contribution is 5.94. The van der Waals surface area contributed by atoms with E-state index in [0.29, 0.717) is 43.2 Å². The largest absolute Gasteiger partial charge is 0.459 e. The van der Waals surface area contributed by atoms with Gasteiger partial charge in [-0.25, -0.2) is 4.68 Å². The minimum absolute atomic E-state index is 0.0432. The van der Waals surface area contributed by atoms with Crippen molar-refractivity contribution in [2.24, 2.45) is 13.0 Å². The van der Waals surface area contributed by atoms with Crippen molar-refractivity contribution in [1.82, 2.24) is 25.1 Å². The first-order chi connectivity index (χ1) is 13.6. The number of furan rings is 1. The van der Waals surface area contributed by atoms with Crippen LogP contribution in [0.5, 0.6) is 0 Å². The lowest BCUT2D eigenvalue weighted by Gasteiger charge is -2.30. The quantitative estimate of drug-likeness (QED) is 0.742. The molecule has 2 aromatic heterocycles. The summed E-state index contributed by atoms with van der Waals surface area (Å²) in [6, 6.07) is 10.8. The fourth-order valence-electron chi connectivity index (χ4n) is 3.36. The van der Waals surface area contributed by atoms with Gasteiger partial charge in [-0.05, 0) is 47.5 Å². The number of benzene rings is 1. The lowest BCUT2D eigenvalue weighted by Crippen LogP contribution is -2.41. The molecule has 3 heterocycles. The number of amides is 2. The maximum absolute atomic E-state index is 12.7. The van der Waals surface area contributed by atoms with Gasteiger partial charge in [0.05, 0.1) is 6.26 Å². The van der Waals surface area contributed by atoms with Crippen molar-refractivity contribution in [2.45, 2.75) is 12.8 Å². The van der Waals surface area contributed by atoms with Crippen LogP contribution in [0.3, 0.4) is 0 Å².